The van der Waals surface area contributed by atoms with Crippen LogP contribution in [-0.2, 0) is 11.2 Å². The lowest BCUT2D eigenvalue weighted by Gasteiger charge is -2.40. The Kier molecular flexibility index (Phi) is 6.42. The molecule has 1 fully saturated rings. The fourth-order valence-electron chi connectivity index (χ4n) is 3.89. The van der Waals surface area contributed by atoms with Crippen molar-refractivity contribution < 1.29 is 9.59 Å². The quantitative estimate of drug-likeness (QED) is 0.592. The van der Waals surface area contributed by atoms with E-state index in [1.54, 1.807) is 22.4 Å². The van der Waals surface area contributed by atoms with Crippen LogP contribution in [0.4, 0.5) is 0 Å². The second-order valence-corrected chi connectivity index (χ2v) is 8.71. The van der Waals surface area contributed by atoms with Gasteiger partial charge in [0.25, 0.3) is 5.91 Å². The standard InChI is InChI=1S/C24H26N4O2S/c1-3-10-27-11-12-28(23(29)20-16-25-17(2)15-26-20)21(24(27)30)14-18-6-8-19(9-7-18)22-5-4-13-31-22/h4-9,13,15-16,21H,3,10-12,14H2,1-2H3. The highest BCUT2D eigenvalue weighted by molar-refractivity contribution is 7.13. The molecule has 31 heavy (non-hydrogen) atoms. The van der Waals surface area contributed by atoms with E-state index >= 15 is 0 Å². The maximum Gasteiger partial charge on any atom is 0.274 e. The van der Waals surface area contributed by atoms with Gasteiger partial charge in [-0.1, -0.05) is 37.3 Å². The Bertz CT molecular complexity index is 1030. The van der Waals surface area contributed by atoms with Crippen molar-refractivity contribution in [3.8, 4) is 10.4 Å². The highest BCUT2D eigenvalue weighted by Gasteiger charge is 2.37. The normalized spacial score (nSPS) is 16.6. The van der Waals surface area contributed by atoms with E-state index in [-0.39, 0.29) is 17.5 Å². The molecule has 1 atom stereocenters. The maximum atomic E-state index is 13.3. The van der Waals surface area contributed by atoms with Gasteiger partial charge in [0.1, 0.15) is 11.7 Å². The van der Waals surface area contributed by atoms with Crippen LogP contribution in [0, 0.1) is 6.92 Å². The van der Waals surface area contributed by atoms with Crippen LogP contribution in [0.2, 0.25) is 0 Å². The minimum absolute atomic E-state index is 0.00357. The van der Waals surface area contributed by atoms with E-state index in [0.29, 0.717) is 26.1 Å². The number of piperazine rings is 1. The average Bonchev–Trinajstić information content (AvgIpc) is 3.32. The van der Waals surface area contributed by atoms with E-state index in [0.717, 1.165) is 23.2 Å². The number of aryl methyl sites for hydroxylation is 1. The SMILES string of the molecule is CCCN1CCN(C(=O)c2cnc(C)cn2)C(Cc2ccc(-c3cccs3)cc2)C1=O. The minimum Gasteiger partial charge on any atom is -0.339 e. The number of carbonyl (C=O) groups excluding carboxylic acids is 2. The number of rotatable bonds is 6. The first kappa shape index (κ1) is 21.2. The zero-order chi connectivity index (χ0) is 21.8. The van der Waals surface area contributed by atoms with Gasteiger partial charge in [-0.05, 0) is 35.9 Å². The molecule has 6 nitrogen and oxygen atoms in total. The van der Waals surface area contributed by atoms with E-state index < -0.39 is 6.04 Å². The summed E-state index contributed by atoms with van der Waals surface area (Å²) in [5.41, 5.74) is 3.22. The highest BCUT2D eigenvalue weighted by Crippen LogP contribution is 2.26. The first-order valence-electron chi connectivity index (χ1n) is 10.6. The molecule has 0 N–H and O–H groups in total. The van der Waals surface area contributed by atoms with Crippen molar-refractivity contribution in [2.45, 2.75) is 32.7 Å². The van der Waals surface area contributed by atoms with Crippen molar-refractivity contribution in [1.29, 1.82) is 0 Å². The summed E-state index contributed by atoms with van der Waals surface area (Å²) in [4.78, 5) is 39.6. The molecule has 0 bridgehead atoms. The Morgan fingerprint density at radius 1 is 1.13 bits per heavy atom. The van der Waals surface area contributed by atoms with Gasteiger partial charge in [0.05, 0.1) is 11.9 Å². The Balaban J connectivity index is 1.58. The fourth-order valence-corrected chi connectivity index (χ4v) is 4.63. The Morgan fingerprint density at radius 3 is 2.58 bits per heavy atom. The molecule has 1 saturated heterocycles. The van der Waals surface area contributed by atoms with Crippen LogP contribution in [0.1, 0.15) is 35.1 Å². The maximum absolute atomic E-state index is 13.3. The molecule has 160 valence electrons. The van der Waals surface area contributed by atoms with Crippen LogP contribution in [-0.4, -0.2) is 57.3 Å². The number of benzene rings is 1. The highest BCUT2D eigenvalue weighted by atomic mass is 32.1. The molecule has 0 radical (unpaired) electrons. The van der Waals surface area contributed by atoms with Gasteiger partial charge in [0.2, 0.25) is 5.91 Å². The van der Waals surface area contributed by atoms with Crippen LogP contribution in [0.5, 0.6) is 0 Å². The van der Waals surface area contributed by atoms with E-state index in [9.17, 15) is 9.59 Å². The lowest BCUT2D eigenvalue weighted by Crippen LogP contribution is -2.59. The second kappa shape index (κ2) is 9.39. The average molecular weight is 435 g/mol. The Morgan fingerprint density at radius 2 is 1.94 bits per heavy atom. The van der Waals surface area contributed by atoms with Crippen molar-refractivity contribution in [2.75, 3.05) is 19.6 Å². The van der Waals surface area contributed by atoms with Crippen LogP contribution in [0.25, 0.3) is 10.4 Å². The molecular formula is C24H26N4O2S. The molecule has 3 aromatic rings. The van der Waals surface area contributed by atoms with E-state index in [1.807, 2.05) is 17.9 Å². The molecule has 2 amide bonds. The number of hydrogen-bond acceptors (Lipinski definition) is 5. The van der Waals surface area contributed by atoms with E-state index in [1.165, 1.54) is 11.1 Å². The fraction of sp³-hybridized carbons (Fsp3) is 0.333. The molecule has 1 aliphatic heterocycles. The summed E-state index contributed by atoms with van der Waals surface area (Å²) in [5, 5.41) is 2.06. The molecule has 7 heteroatoms. The summed E-state index contributed by atoms with van der Waals surface area (Å²) < 4.78 is 0. The molecule has 0 saturated carbocycles. The van der Waals surface area contributed by atoms with Crippen LogP contribution < -0.4 is 0 Å². The van der Waals surface area contributed by atoms with Crippen molar-refractivity contribution in [2.24, 2.45) is 0 Å². The number of nitrogens with zero attached hydrogens (tertiary/aromatic N) is 4. The molecule has 1 aliphatic rings. The van der Waals surface area contributed by atoms with Gasteiger partial charge < -0.3 is 9.80 Å². The molecule has 1 unspecified atom stereocenters. The van der Waals surface area contributed by atoms with Gasteiger partial charge in [0.15, 0.2) is 0 Å². The molecule has 0 aliphatic carbocycles. The number of thiophene rings is 1. The molecule has 2 aromatic heterocycles. The van der Waals surface area contributed by atoms with Gasteiger partial charge in [-0.3, -0.25) is 14.6 Å². The first-order valence-corrected chi connectivity index (χ1v) is 11.5. The van der Waals surface area contributed by atoms with Crippen molar-refractivity contribution >= 4 is 23.2 Å². The second-order valence-electron chi connectivity index (χ2n) is 7.76. The van der Waals surface area contributed by atoms with Gasteiger partial charge in [-0.25, -0.2) is 4.98 Å². The molecule has 3 heterocycles. The number of carbonyl (C=O) groups is 2. The number of aromatic nitrogens is 2. The Hall–Kier alpha value is -3.06. The van der Waals surface area contributed by atoms with Gasteiger partial charge in [0, 0.05) is 37.1 Å². The minimum atomic E-state index is -0.538. The lowest BCUT2D eigenvalue weighted by atomic mass is 9.99. The van der Waals surface area contributed by atoms with Crippen molar-refractivity contribution in [3.63, 3.8) is 0 Å². The van der Waals surface area contributed by atoms with Crippen molar-refractivity contribution in [3.05, 3.63) is 71.1 Å². The zero-order valence-corrected chi connectivity index (χ0v) is 18.6. The topological polar surface area (TPSA) is 66.4 Å². The van der Waals surface area contributed by atoms with Crippen LogP contribution in [0.15, 0.2) is 54.2 Å². The van der Waals surface area contributed by atoms with Gasteiger partial charge in [-0.15, -0.1) is 11.3 Å². The van der Waals surface area contributed by atoms with E-state index in [2.05, 4.69) is 52.6 Å². The summed E-state index contributed by atoms with van der Waals surface area (Å²) >= 11 is 1.70. The van der Waals surface area contributed by atoms with Crippen molar-refractivity contribution in [1.82, 2.24) is 19.8 Å². The Labute approximate surface area is 186 Å². The predicted octanol–water partition coefficient (Wildman–Crippen LogP) is 3.82. The lowest BCUT2D eigenvalue weighted by molar-refractivity contribution is -0.140. The smallest absolute Gasteiger partial charge is 0.274 e. The van der Waals surface area contributed by atoms with Crippen LogP contribution in [0.3, 0.4) is 0 Å². The number of amides is 2. The van der Waals surface area contributed by atoms with Crippen LogP contribution >= 0.6 is 11.3 Å². The number of hydrogen-bond donors (Lipinski definition) is 0. The van der Waals surface area contributed by atoms with Gasteiger partial charge >= 0.3 is 0 Å². The summed E-state index contributed by atoms with van der Waals surface area (Å²) in [6.45, 7) is 5.64. The molecule has 1 aromatic carbocycles. The third kappa shape index (κ3) is 4.66. The third-order valence-electron chi connectivity index (χ3n) is 5.53. The zero-order valence-electron chi connectivity index (χ0n) is 17.8. The summed E-state index contributed by atoms with van der Waals surface area (Å²) in [6, 6.07) is 11.9. The molecule has 0 spiro atoms. The van der Waals surface area contributed by atoms with E-state index in [4.69, 9.17) is 0 Å². The van der Waals surface area contributed by atoms with Gasteiger partial charge in [-0.2, -0.15) is 0 Å². The summed E-state index contributed by atoms with van der Waals surface area (Å²) in [7, 11) is 0. The summed E-state index contributed by atoms with van der Waals surface area (Å²) in [6.07, 6.45) is 4.45. The first-order chi connectivity index (χ1) is 15.1. The molecular weight excluding hydrogens is 408 g/mol. The monoisotopic (exact) mass is 434 g/mol. The predicted molar refractivity (Wildman–Crippen MR) is 122 cm³/mol. The summed E-state index contributed by atoms with van der Waals surface area (Å²) in [5.74, 6) is -0.235. The largest absolute Gasteiger partial charge is 0.339 e. The molecule has 4 rings (SSSR count). The third-order valence-corrected chi connectivity index (χ3v) is 6.45.